The van der Waals surface area contributed by atoms with Gasteiger partial charge >= 0.3 is 0 Å². The Balaban J connectivity index is 1.22. The number of nitrogens with one attached hydrogen (secondary N) is 2. The Morgan fingerprint density at radius 1 is 1.16 bits per heavy atom. The molecule has 1 aliphatic heterocycles. The van der Waals surface area contributed by atoms with Crippen LogP contribution in [-0.2, 0) is 16.1 Å². The van der Waals surface area contributed by atoms with E-state index in [9.17, 15) is 9.59 Å². The molecule has 8 nitrogen and oxygen atoms in total. The lowest BCUT2D eigenvalue weighted by atomic mass is 10.2. The zero-order valence-corrected chi connectivity index (χ0v) is 19.7. The van der Waals surface area contributed by atoms with E-state index < -0.39 is 0 Å². The molecule has 1 saturated heterocycles. The third-order valence-corrected chi connectivity index (χ3v) is 6.54. The van der Waals surface area contributed by atoms with Crippen molar-refractivity contribution in [3.8, 4) is 0 Å². The van der Waals surface area contributed by atoms with E-state index in [2.05, 4.69) is 55.9 Å². The highest BCUT2D eigenvalue weighted by atomic mass is 32.2. The number of thioether (sulfide) groups is 1. The van der Waals surface area contributed by atoms with Gasteiger partial charge in [-0.15, -0.1) is 11.8 Å². The summed E-state index contributed by atoms with van der Waals surface area (Å²) >= 11 is 1.31. The topological polar surface area (TPSA) is 90.7 Å². The Kier molecular flexibility index (Phi) is 9.58. The molecule has 0 aliphatic carbocycles. The zero-order valence-electron chi connectivity index (χ0n) is 18.9. The van der Waals surface area contributed by atoms with Gasteiger partial charge in [-0.2, -0.15) is 0 Å². The minimum atomic E-state index is -0.357. The van der Waals surface area contributed by atoms with Crippen molar-refractivity contribution in [2.45, 2.75) is 32.1 Å². The SMILES string of the molecule is Cc1cc(NC(=O)C(C)SCC(=O)NCCCN2CCN(Cc3ccccc3)CC2)no1. The van der Waals surface area contributed by atoms with Crippen molar-refractivity contribution in [2.24, 2.45) is 0 Å². The lowest BCUT2D eigenvalue weighted by molar-refractivity contribution is -0.118. The molecule has 174 valence electrons. The van der Waals surface area contributed by atoms with E-state index in [0.29, 0.717) is 18.1 Å². The van der Waals surface area contributed by atoms with Crippen molar-refractivity contribution in [1.29, 1.82) is 0 Å². The van der Waals surface area contributed by atoms with Crippen LogP contribution in [0.2, 0.25) is 0 Å². The fraction of sp³-hybridized carbons (Fsp3) is 0.522. The van der Waals surface area contributed by atoms with Gasteiger partial charge in [-0.25, -0.2) is 0 Å². The van der Waals surface area contributed by atoms with E-state index in [4.69, 9.17) is 4.52 Å². The summed E-state index contributed by atoms with van der Waals surface area (Å²) in [5.74, 6) is 1.05. The number of hydrogen-bond acceptors (Lipinski definition) is 7. The third kappa shape index (κ3) is 8.29. The van der Waals surface area contributed by atoms with Crippen molar-refractivity contribution in [3.63, 3.8) is 0 Å². The van der Waals surface area contributed by atoms with E-state index in [0.717, 1.165) is 45.7 Å². The molecule has 2 amide bonds. The third-order valence-electron chi connectivity index (χ3n) is 5.40. The lowest BCUT2D eigenvalue weighted by Crippen LogP contribution is -2.46. The van der Waals surface area contributed by atoms with Crippen LogP contribution in [0.25, 0.3) is 0 Å². The number of carbonyl (C=O) groups excluding carboxylic acids is 2. The molecule has 3 rings (SSSR count). The summed E-state index contributed by atoms with van der Waals surface area (Å²) in [4.78, 5) is 29.2. The molecule has 2 heterocycles. The van der Waals surface area contributed by atoms with Crippen LogP contribution in [0.1, 0.15) is 24.7 Å². The molecular weight excluding hydrogens is 426 g/mol. The molecule has 2 N–H and O–H groups in total. The molecule has 1 aromatic carbocycles. The summed E-state index contributed by atoms with van der Waals surface area (Å²) in [5, 5.41) is 9.03. The number of amides is 2. The lowest BCUT2D eigenvalue weighted by Gasteiger charge is -2.34. The molecule has 1 fully saturated rings. The molecule has 0 spiro atoms. The standard InChI is InChI=1S/C23H33N5O3S/c1-18-15-21(26-31-18)25-23(30)19(2)32-17-22(29)24-9-6-10-27-11-13-28(14-12-27)16-20-7-4-3-5-8-20/h3-5,7-8,15,19H,6,9-14,16-17H2,1-2H3,(H,24,29)(H,25,26,30). The minimum Gasteiger partial charge on any atom is -0.360 e. The monoisotopic (exact) mass is 459 g/mol. The predicted molar refractivity (Wildman–Crippen MR) is 128 cm³/mol. The van der Waals surface area contributed by atoms with Crippen molar-refractivity contribution in [2.75, 3.05) is 50.3 Å². The summed E-state index contributed by atoms with van der Waals surface area (Å²) in [7, 11) is 0. The Morgan fingerprint density at radius 3 is 2.56 bits per heavy atom. The van der Waals surface area contributed by atoms with Crippen molar-refractivity contribution < 1.29 is 14.1 Å². The van der Waals surface area contributed by atoms with Gasteiger partial charge in [0.05, 0.1) is 11.0 Å². The van der Waals surface area contributed by atoms with Crippen molar-refractivity contribution in [1.82, 2.24) is 20.3 Å². The van der Waals surface area contributed by atoms with Gasteiger partial charge < -0.3 is 20.1 Å². The van der Waals surface area contributed by atoms with E-state index in [1.54, 1.807) is 19.9 Å². The normalized spacial score (nSPS) is 15.9. The summed E-state index contributed by atoms with van der Waals surface area (Å²) in [5.41, 5.74) is 1.36. The number of aryl methyl sites for hydroxylation is 1. The molecule has 1 aliphatic rings. The highest BCUT2D eigenvalue weighted by Crippen LogP contribution is 2.14. The second-order valence-corrected chi connectivity index (χ2v) is 9.40. The van der Waals surface area contributed by atoms with E-state index in [-0.39, 0.29) is 22.8 Å². The van der Waals surface area contributed by atoms with Crippen LogP contribution in [0.3, 0.4) is 0 Å². The molecule has 0 bridgehead atoms. The van der Waals surface area contributed by atoms with Crippen LogP contribution >= 0.6 is 11.8 Å². The van der Waals surface area contributed by atoms with Crippen LogP contribution < -0.4 is 10.6 Å². The quantitative estimate of drug-likeness (QED) is 0.499. The van der Waals surface area contributed by atoms with Gasteiger partial charge in [0.25, 0.3) is 0 Å². The van der Waals surface area contributed by atoms with Gasteiger partial charge in [-0.05, 0) is 32.4 Å². The summed E-state index contributed by atoms with van der Waals surface area (Å²) in [6.07, 6.45) is 0.927. The van der Waals surface area contributed by atoms with Gasteiger partial charge in [0.2, 0.25) is 11.8 Å². The molecule has 1 unspecified atom stereocenters. The van der Waals surface area contributed by atoms with Crippen LogP contribution in [0.15, 0.2) is 40.9 Å². The molecule has 1 atom stereocenters. The maximum absolute atomic E-state index is 12.1. The van der Waals surface area contributed by atoms with Crippen LogP contribution in [-0.4, -0.2) is 77.0 Å². The fourth-order valence-corrected chi connectivity index (χ4v) is 4.24. The molecule has 9 heteroatoms. The number of rotatable bonds is 11. The number of aromatic nitrogens is 1. The van der Waals surface area contributed by atoms with Crippen LogP contribution in [0, 0.1) is 6.92 Å². The Morgan fingerprint density at radius 2 is 1.88 bits per heavy atom. The minimum absolute atomic E-state index is 0.0420. The highest BCUT2D eigenvalue weighted by molar-refractivity contribution is 8.01. The summed E-state index contributed by atoms with van der Waals surface area (Å²) < 4.78 is 4.93. The Hall–Kier alpha value is -2.36. The van der Waals surface area contributed by atoms with Crippen molar-refractivity contribution in [3.05, 3.63) is 47.7 Å². The number of hydrogen-bond donors (Lipinski definition) is 2. The van der Waals surface area contributed by atoms with Crippen LogP contribution in [0.5, 0.6) is 0 Å². The summed E-state index contributed by atoms with van der Waals surface area (Å²) in [6.45, 7) is 10.5. The van der Waals surface area contributed by atoms with Gasteiger partial charge in [-0.3, -0.25) is 14.5 Å². The number of anilines is 1. The first-order valence-corrected chi connectivity index (χ1v) is 12.2. The largest absolute Gasteiger partial charge is 0.360 e. The average Bonchev–Trinajstić information content (AvgIpc) is 3.21. The molecule has 2 aromatic rings. The molecule has 0 saturated carbocycles. The highest BCUT2D eigenvalue weighted by Gasteiger charge is 2.18. The fourth-order valence-electron chi connectivity index (χ4n) is 3.52. The van der Waals surface area contributed by atoms with E-state index in [1.165, 1.54) is 17.3 Å². The average molecular weight is 460 g/mol. The Labute approximate surface area is 194 Å². The van der Waals surface area contributed by atoms with Gasteiger partial charge in [0, 0.05) is 45.3 Å². The maximum atomic E-state index is 12.1. The molecule has 1 aromatic heterocycles. The molecular formula is C23H33N5O3S. The van der Waals surface area contributed by atoms with Gasteiger partial charge in [-0.1, -0.05) is 35.5 Å². The number of carbonyl (C=O) groups is 2. The zero-order chi connectivity index (χ0) is 22.8. The summed E-state index contributed by atoms with van der Waals surface area (Å²) in [6, 6.07) is 12.2. The van der Waals surface area contributed by atoms with Crippen LogP contribution in [0.4, 0.5) is 5.82 Å². The first-order chi connectivity index (χ1) is 15.5. The number of piperazine rings is 1. The first-order valence-electron chi connectivity index (χ1n) is 11.1. The second kappa shape index (κ2) is 12.6. The smallest absolute Gasteiger partial charge is 0.238 e. The van der Waals surface area contributed by atoms with Crippen molar-refractivity contribution >= 4 is 29.4 Å². The van der Waals surface area contributed by atoms with E-state index in [1.807, 2.05) is 0 Å². The predicted octanol–water partition coefficient (Wildman–Crippen LogP) is 2.37. The molecule has 0 radical (unpaired) electrons. The number of benzene rings is 1. The van der Waals surface area contributed by atoms with E-state index >= 15 is 0 Å². The first kappa shape index (κ1) is 24.3. The Bertz CT molecular complexity index is 852. The maximum Gasteiger partial charge on any atom is 0.238 e. The van der Waals surface area contributed by atoms with Gasteiger partial charge in [0.1, 0.15) is 5.76 Å². The number of nitrogens with zero attached hydrogens (tertiary/aromatic N) is 3. The molecule has 32 heavy (non-hydrogen) atoms. The second-order valence-electron chi connectivity index (χ2n) is 8.07. The van der Waals surface area contributed by atoms with Gasteiger partial charge in [0.15, 0.2) is 5.82 Å².